The molecule has 1 rings (SSSR count). The minimum atomic E-state index is 0.198. The number of ether oxygens (including phenoxy) is 1. The van der Waals surface area contributed by atoms with Gasteiger partial charge in [-0.2, -0.15) is 0 Å². The number of methoxy groups -OCH3 is 1. The van der Waals surface area contributed by atoms with Crippen LogP contribution < -0.4 is 10.1 Å². The van der Waals surface area contributed by atoms with Crippen LogP contribution >= 0.6 is 15.9 Å². The summed E-state index contributed by atoms with van der Waals surface area (Å²) in [5, 5.41) is 3.47. The Labute approximate surface area is 125 Å². The number of halogens is 1. The highest BCUT2D eigenvalue weighted by Crippen LogP contribution is 2.23. The van der Waals surface area contributed by atoms with Crippen LogP contribution in [0.5, 0.6) is 5.75 Å². The molecule has 0 spiro atoms. The molecule has 106 valence electrons. The van der Waals surface area contributed by atoms with Crippen molar-refractivity contribution in [2.24, 2.45) is 0 Å². The zero-order valence-electron chi connectivity index (χ0n) is 12.3. The second kappa shape index (κ2) is 7.71. The van der Waals surface area contributed by atoms with Crippen LogP contribution in [0.3, 0.4) is 0 Å². The van der Waals surface area contributed by atoms with Crippen molar-refractivity contribution < 1.29 is 4.74 Å². The first-order valence-corrected chi connectivity index (χ1v) is 7.44. The van der Waals surface area contributed by atoms with Crippen LogP contribution in [0, 0.1) is 0 Å². The summed E-state index contributed by atoms with van der Waals surface area (Å²) in [7, 11) is 1.70. The Morgan fingerprint density at radius 3 is 2.63 bits per heavy atom. The van der Waals surface area contributed by atoms with Crippen molar-refractivity contribution in [2.45, 2.75) is 39.2 Å². The van der Waals surface area contributed by atoms with E-state index >= 15 is 0 Å². The molecule has 0 aromatic heterocycles. The standard InChI is InChI=1S/C16H24BrNO/c1-16(2,3)18-11-7-5-6-8-13-12-14(19-4)9-10-15(13)17/h5-6,9-10,12,18H,7-8,11H2,1-4H3. The fourth-order valence-corrected chi connectivity index (χ4v) is 2.10. The Balaban J connectivity index is 2.40. The van der Waals surface area contributed by atoms with Crippen molar-refractivity contribution in [1.29, 1.82) is 0 Å². The molecule has 0 heterocycles. The first-order valence-electron chi connectivity index (χ1n) is 6.65. The minimum Gasteiger partial charge on any atom is -0.497 e. The van der Waals surface area contributed by atoms with Crippen molar-refractivity contribution in [2.75, 3.05) is 13.7 Å². The molecular formula is C16H24BrNO. The molecule has 0 fully saturated rings. The molecule has 0 bridgehead atoms. The third-order valence-corrected chi connectivity index (χ3v) is 3.50. The fourth-order valence-electron chi connectivity index (χ4n) is 1.69. The summed E-state index contributed by atoms with van der Waals surface area (Å²) in [4.78, 5) is 0. The van der Waals surface area contributed by atoms with Gasteiger partial charge in [0, 0.05) is 10.0 Å². The number of benzene rings is 1. The number of hydrogen-bond donors (Lipinski definition) is 1. The third-order valence-electron chi connectivity index (χ3n) is 2.72. The monoisotopic (exact) mass is 325 g/mol. The largest absolute Gasteiger partial charge is 0.497 e. The van der Waals surface area contributed by atoms with Gasteiger partial charge in [-0.05, 0) is 63.9 Å². The summed E-state index contributed by atoms with van der Waals surface area (Å²) in [5.41, 5.74) is 1.45. The highest BCUT2D eigenvalue weighted by Gasteiger charge is 2.06. The number of hydrogen-bond acceptors (Lipinski definition) is 2. The van der Waals surface area contributed by atoms with Crippen LogP contribution in [0.2, 0.25) is 0 Å². The molecule has 0 amide bonds. The first kappa shape index (κ1) is 16.3. The van der Waals surface area contributed by atoms with E-state index in [4.69, 9.17) is 4.74 Å². The molecule has 1 N–H and O–H groups in total. The first-order chi connectivity index (χ1) is 8.92. The van der Waals surface area contributed by atoms with Crippen LogP contribution in [0.1, 0.15) is 32.8 Å². The van der Waals surface area contributed by atoms with Crippen molar-refractivity contribution in [3.8, 4) is 5.75 Å². The lowest BCUT2D eigenvalue weighted by molar-refractivity contribution is 0.414. The van der Waals surface area contributed by atoms with E-state index in [0.717, 1.165) is 29.6 Å². The van der Waals surface area contributed by atoms with Crippen LogP contribution in [0.15, 0.2) is 34.8 Å². The van der Waals surface area contributed by atoms with Gasteiger partial charge in [0.05, 0.1) is 7.11 Å². The minimum absolute atomic E-state index is 0.198. The Morgan fingerprint density at radius 2 is 2.00 bits per heavy atom. The zero-order valence-corrected chi connectivity index (χ0v) is 13.9. The van der Waals surface area contributed by atoms with E-state index in [1.807, 2.05) is 12.1 Å². The highest BCUT2D eigenvalue weighted by molar-refractivity contribution is 9.10. The summed E-state index contributed by atoms with van der Waals surface area (Å²) in [5.74, 6) is 0.904. The van der Waals surface area contributed by atoms with Gasteiger partial charge in [-0.15, -0.1) is 0 Å². The maximum absolute atomic E-state index is 5.24. The van der Waals surface area contributed by atoms with Gasteiger partial charge >= 0.3 is 0 Å². The predicted molar refractivity (Wildman–Crippen MR) is 85.9 cm³/mol. The smallest absolute Gasteiger partial charge is 0.119 e. The van der Waals surface area contributed by atoms with Crippen molar-refractivity contribution in [3.63, 3.8) is 0 Å². The van der Waals surface area contributed by atoms with E-state index in [2.05, 4.69) is 60.2 Å². The van der Waals surface area contributed by atoms with E-state index in [1.165, 1.54) is 5.56 Å². The molecule has 1 aromatic carbocycles. The van der Waals surface area contributed by atoms with Gasteiger partial charge in [-0.25, -0.2) is 0 Å². The van der Waals surface area contributed by atoms with Crippen LogP contribution in [0.4, 0.5) is 0 Å². The van der Waals surface area contributed by atoms with E-state index in [1.54, 1.807) is 7.11 Å². The van der Waals surface area contributed by atoms with Crippen molar-refractivity contribution in [3.05, 3.63) is 40.4 Å². The molecule has 0 saturated carbocycles. The van der Waals surface area contributed by atoms with Gasteiger partial charge in [-0.1, -0.05) is 28.1 Å². The molecule has 19 heavy (non-hydrogen) atoms. The molecule has 0 aliphatic heterocycles. The maximum Gasteiger partial charge on any atom is 0.119 e. The van der Waals surface area contributed by atoms with Gasteiger partial charge in [0.2, 0.25) is 0 Å². The SMILES string of the molecule is COc1ccc(Br)c(CC=CCCNC(C)(C)C)c1. The predicted octanol–water partition coefficient (Wildman–Crippen LogP) is 4.33. The van der Waals surface area contributed by atoms with E-state index in [-0.39, 0.29) is 5.54 Å². The van der Waals surface area contributed by atoms with Crippen LogP contribution in [-0.4, -0.2) is 19.2 Å². The van der Waals surface area contributed by atoms with Crippen LogP contribution in [-0.2, 0) is 6.42 Å². The average Bonchev–Trinajstić information content (AvgIpc) is 2.34. The van der Waals surface area contributed by atoms with Gasteiger partial charge < -0.3 is 10.1 Å². The number of nitrogens with one attached hydrogen (secondary N) is 1. The quantitative estimate of drug-likeness (QED) is 0.620. The normalized spacial score (nSPS) is 12.1. The molecule has 0 unspecified atom stereocenters. The van der Waals surface area contributed by atoms with Crippen molar-refractivity contribution >= 4 is 15.9 Å². The topological polar surface area (TPSA) is 21.3 Å². The summed E-state index contributed by atoms with van der Waals surface area (Å²) in [6, 6.07) is 6.07. The van der Waals surface area contributed by atoms with Gasteiger partial charge in [0.25, 0.3) is 0 Å². The second-order valence-electron chi connectivity index (χ2n) is 5.60. The Kier molecular flexibility index (Phi) is 6.59. The summed E-state index contributed by atoms with van der Waals surface area (Å²) >= 11 is 3.57. The van der Waals surface area contributed by atoms with Crippen molar-refractivity contribution in [1.82, 2.24) is 5.32 Å². The second-order valence-corrected chi connectivity index (χ2v) is 6.45. The number of allylic oxidation sites excluding steroid dienone is 1. The lowest BCUT2D eigenvalue weighted by Crippen LogP contribution is -2.36. The Bertz CT molecular complexity index is 421. The molecule has 0 aliphatic carbocycles. The molecule has 3 heteroatoms. The molecular weight excluding hydrogens is 302 g/mol. The molecule has 0 atom stereocenters. The lowest BCUT2D eigenvalue weighted by atomic mass is 10.1. The average molecular weight is 326 g/mol. The Morgan fingerprint density at radius 1 is 1.26 bits per heavy atom. The van der Waals surface area contributed by atoms with Crippen LogP contribution in [0.25, 0.3) is 0 Å². The zero-order chi connectivity index (χ0) is 14.3. The molecule has 0 aliphatic rings. The van der Waals surface area contributed by atoms with Gasteiger partial charge in [-0.3, -0.25) is 0 Å². The molecule has 1 aromatic rings. The summed E-state index contributed by atoms with van der Waals surface area (Å²) in [6.07, 6.45) is 6.42. The lowest BCUT2D eigenvalue weighted by Gasteiger charge is -2.19. The van der Waals surface area contributed by atoms with E-state index in [9.17, 15) is 0 Å². The molecule has 2 nitrogen and oxygen atoms in total. The van der Waals surface area contributed by atoms with E-state index < -0.39 is 0 Å². The summed E-state index contributed by atoms with van der Waals surface area (Å²) < 4.78 is 6.37. The van der Waals surface area contributed by atoms with Gasteiger partial charge in [0.15, 0.2) is 0 Å². The molecule has 0 saturated heterocycles. The van der Waals surface area contributed by atoms with E-state index in [0.29, 0.717) is 0 Å². The fraction of sp³-hybridized carbons (Fsp3) is 0.500. The third kappa shape index (κ3) is 6.79. The molecule has 0 radical (unpaired) electrons. The summed E-state index contributed by atoms with van der Waals surface area (Å²) in [6.45, 7) is 7.57. The number of rotatable bonds is 6. The maximum atomic E-state index is 5.24. The van der Waals surface area contributed by atoms with Gasteiger partial charge in [0.1, 0.15) is 5.75 Å². The highest BCUT2D eigenvalue weighted by atomic mass is 79.9. The Hall–Kier alpha value is -0.800.